The number of fused-ring (bicyclic) bond motifs is 1. The maximum atomic E-state index is 12.9. The van der Waals surface area contributed by atoms with E-state index < -0.39 is 0 Å². The number of anilines is 1. The zero-order chi connectivity index (χ0) is 17.1. The van der Waals surface area contributed by atoms with Crippen LogP contribution in [-0.2, 0) is 0 Å². The standard InChI is InChI=1S/C18H12BrFN2OS/c19-16-6-2-3-13-14(16)4-1-5-15(13)17(23)22-18(24)21-12-9-7-11(20)8-10-12/h1-10H,(H2,21,22,23,24). The summed E-state index contributed by atoms with van der Waals surface area (Å²) >= 11 is 8.63. The molecule has 24 heavy (non-hydrogen) atoms. The van der Waals surface area contributed by atoms with Crippen LogP contribution in [0.5, 0.6) is 0 Å². The molecule has 3 rings (SSSR count). The molecule has 0 bridgehead atoms. The second-order valence-corrected chi connectivity index (χ2v) is 6.32. The van der Waals surface area contributed by atoms with Gasteiger partial charge in [0.2, 0.25) is 0 Å². The minimum atomic E-state index is -0.336. The van der Waals surface area contributed by atoms with Crippen molar-refractivity contribution in [3.8, 4) is 0 Å². The van der Waals surface area contributed by atoms with Crippen LogP contribution in [0.1, 0.15) is 10.4 Å². The van der Waals surface area contributed by atoms with Crippen molar-refractivity contribution >= 4 is 55.6 Å². The Hall–Kier alpha value is -2.31. The number of hydrogen-bond acceptors (Lipinski definition) is 2. The van der Waals surface area contributed by atoms with Crippen LogP contribution < -0.4 is 10.6 Å². The quantitative estimate of drug-likeness (QED) is 0.600. The first-order chi connectivity index (χ1) is 11.5. The summed E-state index contributed by atoms with van der Waals surface area (Å²) in [6.45, 7) is 0. The van der Waals surface area contributed by atoms with Gasteiger partial charge < -0.3 is 5.32 Å². The minimum Gasteiger partial charge on any atom is -0.332 e. The number of rotatable bonds is 2. The molecule has 0 aromatic heterocycles. The highest BCUT2D eigenvalue weighted by Gasteiger charge is 2.12. The Kier molecular flexibility index (Phi) is 4.87. The van der Waals surface area contributed by atoms with Crippen molar-refractivity contribution < 1.29 is 9.18 Å². The van der Waals surface area contributed by atoms with Crippen LogP contribution in [0, 0.1) is 5.82 Å². The largest absolute Gasteiger partial charge is 0.332 e. The molecular weight excluding hydrogens is 391 g/mol. The van der Waals surface area contributed by atoms with E-state index in [1.165, 1.54) is 12.1 Å². The van der Waals surface area contributed by atoms with Gasteiger partial charge in [-0.2, -0.15) is 0 Å². The highest BCUT2D eigenvalue weighted by molar-refractivity contribution is 9.10. The normalized spacial score (nSPS) is 10.4. The zero-order valence-electron chi connectivity index (χ0n) is 12.3. The minimum absolute atomic E-state index is 0.151. The molecule has 0 spiro atoms. The van der Waals surface area contributed by atoms with E-state index >= 15 is 0 Å². The number of carbonyl (C=O) groups is 1. The summed E-state index contributed by atoms with van der Waals surface area (Å²) in [7, 11) is 0. The molecule has 0 saturated carbocycles. The number of benzene rings is 3. The summed E-state index contributed by atoms with van der Waals surface area (Å²) in [5.74, 6) is -0.643. The van der Waals surface area contributed by atoms with Crippen molar-refractivity contribution in [2.75, 3.05) is 5.32 Å². The summed E-state index contributed by atoms with van der Waals surface area (Å²) in [6, 6.07) is 16.9. The fourth-order valence-electron chi connectivity index (χ4n) is 2.34. The van der Waals surface area contributed by atoms with E-state index in [-0.39, 0.29) is 16.8 Å². The van der Waals surface area contributed by atoms with E-state index in [4.69, 9.17) is 12.2 Å². The van der Waals surface area contributed by atoms with Crippen molar-refractivity contribution in [2.45, 2.75) is 0 Å². The highest BCUT2D eigenvalue weighted by atomic mass is 79.9. The predicted octanol–water partition coefficient (Wildman–Crippen LogP) is 4.87. The van der Waals surface area contributed by atoms with E-state index in [1.807, 2.05) is 30.3 Å². The van der Waals surface area contributed by atoms with Gasteiger partial charge in [-0.1, -0.05) is 40.2 Å². The average Bonchev–Trinajstić information content (AvgIpc) is 2.57. The van der Waals surface area contributed by atoms with Gasteiger partial charge in [-0.3, -0.25) is 10.1 Å². The second kappa shape index (κ2) is 7.07. The van der Waals surface area contributed by atoms with Crippen LogP contribution in [0.25, 0.3) is 10.8 Å². The van der Waals surface area contributed by atoms with Gasteiger partial charge in [-0.25, -0.2) is 4.39 Å². The molecule has 0 aliphatic heterocycles. The lowest BCUT2D eigenvalue weighted by molar-refractivity contribution is 0.0979. The van der Waals surface area contributed by atoms with Crippen LogP contribution in [0.3, 0.4) is 0 Å². The first-order valence-electron chi connectivity index (χ1n) is 7.10. The summed E-state index contributed by atoms with van der Waals surface area (Å²) in [4.78, 5) is 12.5. The Bertz CT molecular complexity index is 928. The van der Waals surface area contributed by atoms with Crippen molar-refractivity contribution in [3.63, 3.8) is 0 Å². The third kappa shape index (κ3) is 3.60. The maximum absolute atomic E-state index is 12.9. The SMILES string of the molecule is O=C(NC(=S)Nc1ccc(F)cc1)c1cccc2c(Br)cccc12. The van der Waals surface area contributed by atoms with E-state index in [0.717, 1.165) is 15.2 Å². The first kappa shape index (κ1) is 16.5. The Labute approximate surface area is 152 Å². The number of hydrogen-bond donors (Lipinski definition) is 2. The van der Waals surface area contributed by atoms with Gasteiger partial charge in [0.25, 0.3) is 5.91 Å². The van der Waals surface area contributed by atoms with Crippen LogP contribution in [0.4, 0.5) is 10.1 Å². The molecule has 120 valence electrons. The second-order valence-electron chi connectivity index (χ2n) is 5.06. The highest BCUT2D eigenvalue weighted by Crippen LogP contribution is 2.26. The number of thiocarbonyl (C=S) groups is 1. The molecule has 0 radical (unpaired) electrons. The Balaban J connectivity index is 1.79. The predicted molar refractivity (Wildman–Crippen MR) is 102 cm³/mol. The molecule has 0 saturated heterocycles. The summed E-state index contributed by atoms with van der Waals surface area (Å²) in [5, 5.41) is 7.42. The van der Waals surface area contributed by atoms with E-state index in [2.05, 4.69) is 26.6 Å². The molecule has 0 aliphatic carbocycles. The topological polar surface area (TPSA) is 41.1 Å². The fraction of sp³-hybridized carbons (Fsp3) is 0. The number of halogens is 2. The number of amides is 1. The molecule has 0 atom stereocenters. The monoisotopic (exact) mass is 402 g/mol. The van der Waals surface area contributed by atoms with Gasteiger partial charge in [0.15, 0.2) is 5.11 Å². The molecular formula is C18H12BrFN2OS. The van der Waals surface area contributed by atoms with Crippen molar-refractivity contribution in [1.29, 1.82) is 0 Å². The van der Waals surface area contributed by atoms with Gasteiger partial charge in [0, 0.05) is 15.7 Å². The van der Waals surface area contributed by atoms with E-state index in [1.54, 1.807) is 18.2 Å². The molecule has 6 heteroatoms. The molecule has 0 unspecified atom stereocenters. The Morgan fingerprint density at radius 3 is 2.38 bits per heavy atom. The molecule has 3 nitrogen and oxygen atoms in total. The van der Waals surface area contributed by atoms with E-state index in [0.29, 0.717) is 11.3 Å². The number of nitrogens with one attached hydrogen (secondary N) is 2. The van der Waals surface area contributed by atoms with Crippen LogP contribution in [0.15, 0.2) is 65.1 Å². The summed E-state index contributed by atoms with van der Waals surface area (Å²) in [5.41, 5.74) is 1.12. The van der Waals surface area contributed by atoms with Crippen molar-refractivity contribution in [1.82, 2.24) is 5.32 Å². The Morgan fingerprint density at radius 2 is 1.62 bits per heavy atom. The summed E-state index contributed by atoms with van der Waals surface area (Å²) in [6.07, 6.45) is 0. The molecule has 0 fully saturated rings. The van der Waals surface area contributed by atoms with Gasteiger partial charge in [0.1, 0.15) is 5.82 Å². The van der Waals surface area contributed by atoms with Gasteiger partial charge in [0.05, 0.1) is 0 Å². The summed E-state index contributed by atoms with van der Waals surface area (Å²) < 4.78 is 13.8. The lowest BCUT2D eigenvalue weighted by Crippen LogP contribution is -2.34. The lowest BCUT2D eigenvalue weighted by Gasteiger charge is -2.11. The maximum Gasteiger partial charge on any atom is 0.258 e. The molecule has 0 aliphatic rings. The first-order valence-corrected chi connectivity index (χ1v) is 8.30. The van der Waals surface area contributed by atoms with Crippen LogP contribution >= 0.6 is 28.1 Å². The van der Waals surface area contributed by atoms with Crippen molar-refractivity contribution in [2.24, 2.45) is 0 Å². The smallest absolute Gasteiger partial charge is 0.258 e. The average molecular weight is 403 g/mol. The molecule has 3 aromatic carbocycles. The zero-order valence-corrected chi connectivity index (χ0v) is 14.7. The van der Waals surface area contributed by atoms with E-state index in [9.17, 15) is 9.18 Å². The van der Waals surface area contributed by atoms with Crippen LogP contribution in [-0.4, -0.2) is 11.0 Å². The lowest BCUT2D eigenvalue weighted by atomic mass is 10.0. The molecule has 1 amide bonds. The number of carbonyl (C=O) groups excluding carboxylic acids is 1. The molecule has 0 heterocycles. The Morgan fingerprint density at radius 1 is 0.958 bits per heavy atom. The van der Waals surface area contributed by atoms with Gasteiger partial charge >= 0.3 is 0 Å². The van der Waals surface area contributed by atoms with Gasteiger partial charge in [-0.05, 0) is 59.4 Å². The third-order valence-corrected chi connectivity index (χ3v) is 4.34. The third-order valence-electron chi connectivity index (χ3n) is 3.44. The van der Waals surface area contributed by atoms with Crippen LogP contribution in [0.2, 0.25) is 0 Å². The van der Waals surface area contributed by atoms with Gasteiger partial charge in [-0.15, -0.1) is 0 Å². The molecule has 3 aromatic rings. The van der Waals surface area contributed by atoms with Crippen molar-refractivity contribution in [3.05, 3.63) is 76.5 Å². The fourth-order valence-corrected chi connectivity index (χ4v) is 3.04. The molecule has 2 N–H and O–H groups in total.